The number of methoxy groups -OCH3 is 2. The van der Waals surface area contributed by atoms with E-state index in [4.69, 9.17) is 15.2 Å². The van der Waals surface area contributed by atoms with Gasteiger partial charge in [0, 0.05) is 23.7 Å². The fourth-order valence-corrected chi connectivity index (χ4v) is 3.41. The maximum absolute atomic E-state index is 12.2. The Morgan fingerprint density at radius 2 is 2.00 bits per heavy atom. The normalized spacial score (nSPS) is 15.5. The van der Waals surface area contributed by atoms with Crippen LogP contribution in [0.5, 0.6) is 11.5 Å². The standard InChI is InChI=1S/C20H20N6O3/c1-11-16(18(21)27)17(13-5-4-8-22-10-13)26-20(23-11)24-19(25-26)12-6-7-14(28-2)15(9-12)29-3/h4-10,17H,1-3H3,(H2,21,27)(H,23,24,25)/t17-/m1/s1. The molecular weight excluding hydrogens is 372 g/mol. The monoisotopic (exact) mass is 392 g/mol. The molecule has 9 nitrogen and oxygen atoms in total. The molecule has 148 valence electrons. The summed E-state index contributed by atoms with van der Waals surface area (Å²) in [5, 5.41) is 7.78. The first-order chi connectivity index (χ1) is 14.0. The third kappa shape index (κ3) is 3.16. The van der Waals surface area contributed by atoms with Crippen LogP contribution in [0.25, 0.3) is 11.4 Å². The van der Waals surface area contributed by atoms with Gasteiger partial charge in [-0.05, 0) is 36.8 Å². The molecule has 9 heteroatoms. The molecule has 0 aliphatic carbocycles. The molecule has 3 N–H and O–H groups in total. The zero-order chi connectivity index (χ0) is 20.5. The van der Waals surface area contributed by atoms with Gasteiger partial charge in [0.2, 0.25) is 11.9 Å². The van der Waals surface area contributed by atoms with Crippen molar-refractivity contribution < 1.29 is 14.3 Å². The third-order valence-corrected chi connectivity index (χ3v) is 4.76. The fourth-order valence-electron chi connectivity index (χ4n) is 3.41. The molecule has 0 radical (unpaired) electrons. The highest BCUT2D eigenvalue weighted by Gasteiger charge is 2.33. The van der Waals surface area contributed by atoms with Crippen molar-refractivity contribution in [1.82, 2.24) is 19.7 Å². The molecule has 1 amide bonds. The number of rotatable bonds is 5. The molecule has 2 aromatic heterocycles. The van der Waals surface area contributed by atoms with Crippen LogP contribution in [0.2, 0.25) is 0 Å². The number of nitrogens with zero attached hydrogens (tertiary/aromatic N) is 4. The van der Waals surface area contributed by atoms with Crippen LogP contribution in [0.1, 0.15) is 18.5 Å². The highest BCUT2D eigenvalue weighted by atomic mass is 16.5. The zero-order valence-electron chi connectivity index (χ0n) is 16.2. The number of allylic oxidation sites excluding steroid dienone is 1. The molecular formula is C20H20N6O3. The molecule has 0 fully saturated rings. The Morgan fingerprint density at radius 1 is 1.21 bits per heavy atom. The lowest BCUT2D eigenvalue weighted by molar-refractivity contribution is -0.115. The van der Waals surface area contributed by atoms with Gasteiger partial charge in [0.05, 0.1) is 19.8 Å². The Labute approximate surface area is 167 Å². The number of pyridine rings is 1. The van der Waals surface area contributed by atoms with Gasteiger partial charge >= 0.3 is 0 Å². The van der Waals surface area contributed by atoms with Crippen molar-refractivity contribution in [3.05, 3.63) is 59.6 Å². The molecule has 0 unspecified atom stereocenters. The molecule has 1 aromatic carbocycles. The fraction of sp³-hybridized carbons (Fsp3) is 0.200. The summed E-state index contributed by atoms with van der Waals surface area (Å²) in [5.41, 5.74) is 8.25. The second-order valence-corrected chi connectivity index (χ2v) is 6.49. The van der Waals surface area contributed by atoms with E-state index in [2.05, 4.69) is 20.4 Å². The van der Waals surface area contributed by atoms with Gasteiger partial charge in [-0.3, -0.25) is 9.78 Å². The Hall–Kier alpha value is -3.88. The first kappa shape index (κ1) is 18.5. The molecule has 1 atom stereocenters. The summed E-state index contributed by atoms with van der Waals surface area (Å²) in [6, 6.07) is 8.58. The van der Waals surface area contributed by atoms with Crippen LogP contribution in [-0.4, -0.2) is 39.9 Å². The lowest BCUT2D eigenvalue weighted by Crippen LogP contribution is -2.31. The van der Waals surface area contributed by atoms with Crippen molar-refractivity contribution >= 4 is 11.9 Å². The van der Waals surface area contributed by atoms with Crippen LogP contribution < -0.4 is 20.5 Å². The Balaban J connectivity index is 1.84. The van der Waals surface area contributed by atoms with Crippen LogP contribution in [0, 0.1) is 0 Å². The lowest BCUT2D eigenvalue weighted by Gasteiger charge is -2.27. The number of nitrogens with one attached hydrogen (secondary N) is 1. The van der Waals surface area contributed by atoms with E-state index in [1.807, 2.05) is 12.1 Å². The van der Waals surface area contributed by atoms with Crippen LogP contribution in [-0.2, 0) is 4.79 Å². The maximum Gasteiger partial charge on any atom is 0.248 e. The molecule has 1 aliphatic rings. The minimum atomic E-state index is -0.530. The van der Waals surface area contributed by atoms with Crippen molar-refractivity contribution in [2.45, 2.75) is 13.0 Å². The van der Waals surface area contributed by atoms with Gasteiger partial charge in [-0.25, -0.2) is 4.68 Å². The van der Waals surface area contributed by atoms with Gasteiger partial charge in [-0.15, -0.1) is 5.10 Å². The number of aromatic nitrogens is 4. The largest absolute Gasteiger partial charge is 0.493 e. The number of fused-ring (bicyclic) bond motifs is 1. The minimum Gasteiger partial charge on any atom is -0.493 e. The van der Waals surface area contributed by atoms with Gasteiger partial charge < -0.3 is 20.5 Å². The van der Waals surface area contributed by atoms with E-state index in [-0.39, 0.29) is 0 Å². The first-order valence-electron chi connectivity index (χ1n) is 8.90. The number of carbonyl (C=O) groups excluding carboxylic acids is 1. The smallest absolute Gasteiger partial charge is 0.248 e. The number of primary amides is 1. The van der Waals surface area contributed by atoms with E-state index < -0.39 is 11.9 Å². The summed E-state index contributed by atoms with van der Waals surface area (Å²) in [4.78, 5) is 21.0. The van der Waals surface area contributed by atoms with Gasteiger partial charge in [0.15, 0.2) is 17.3 Å². The number of hydrogen-bond donors (Lipinski definition) is 2. The van der Waals surface area contributed by atoms with E-state index in [9.17, 15) is 4.79 Å². The molecule has 3 aromatic rings. The van der Waals surface area contributed by atoms with Crippen molar-refractivity contribution in [3.63, 3.8) is 0 Å². The Bertz CT molecular complexity index is 1110. The van der Waals surface area contributed by atoms with E-state index in [1.54, 1.807) is 56.4 Å². The van der Waals surface area contributed by atoms with Gasteiger partial charge in [-0.1, -0.05) is 6.07 Å². The average Bonchev–Trinajstić information content (AvgIpc) is 3.16. The molecule has 0 spiro atoms. The molecule has 0 bridgehead atoms. The predicted molar refractivity (Wildman–Crippen MR) is 106 cm³/mol. The van der Waals surface area contributed by atoms with Crippen molar-refractivity contribution in [1.29, 1.82) is 0 Å². The number of anilines is 1. The zero-order valence-corrected chi connectivity index (χ0v) is 16.2. The Morgan fingerprint density at radius 3 is 2.66 bits per heavy atom. The van der Waals surface area contributed by atoms with E-state index in [0.717, 1.165) is 11.1 Å². The van der Waals surface area contributed by atoms with Crippen molar-refractivity contribution in [3.8, 4) is 22.9 Å². The Kier molecular flexibility index (Phi) is 4.63. The molecule has 1 aliphatic heterocycles. The average molecular weight is 392 g/mol. The predicted octanol–water partition coefficient (Wildman–Crippen LogP) is 2.13. The highest BCUT2D eigenvalue weighted by molar-refractivity contribution is 5.95. The first-order valence-corrected chi connectivity index (χ1v) is 8.90. The topological polar surface area (TPSA) is 117 Å². The summed E-state index contributed by atoms with van der Waals surface area (Å²) >= 11 is 0. The summed E-state index contributed by atoms with van der Waals surface area (Å²) in [6.07, 6.45) is 3.36. The summed E-state index contributed by atoms with van der Waals surface area (Å²) in [7, 11) is 3.15. The van der Waals surface area contributed by atoms with Gasteiger partial charge in [0.1, 0.15) is 6.04 Å². The number of nitrogens with two attached hydrogens (primary N) is 1. The number of benzene rings is 1. The summed E-state index contributed by atoms with van der Waals surface area (Å²) in [6.45, 7) is 1.79. The van der Waals surface area contributed by atoms with E-state index in [0.29, 0.717) is 34.5 Å². The van der Waals surface area contributed by atoms with Gasteiger partial charge in [-0.2, -0.15) is 4.98 Å². The van der Waals surface area contributed by atoms with Gasteiger partial charge in [0.25, 0.3) is 0 Å². The lowest BCUT2D eigenvalue weighted by atomic mass is 9.97. The number of amides is 1. The molecule has 3 heterocycles. The molecule has 29 heavy (non-hydrogen) atoms. The van der Waals surface area contributed by atoms with E-state index >= 15 is 0 Å². The number of carbonyl (C=O) groups is 1. The minimum absolute atomic E-state index is 0.411. The molecule has 0 saturated heterocycles. The van der Waals surface area contributed by atoms with Crippen LogP contribution >= 0.6 is 0 Å². The number of hydrogen-bond acceptors (Lipinski definition) is 7. The van der Waals surface area contributed by atoms with Crippen molar-refractivity contribution in [2.75, 3.05) is 19.5 Å². The van der Waals surface area contributed by atoms with Crippen molar-refractivity contribution in [2.24, 2.45) is 5.73 Å². The van der Waals surface area contributed by atoms with E-state index in [1.165, 1.54) is 0 Å². The molecule has 0 saturated carbocycles. The summed E-state index contributed by atoms with van der Waals surface area (Å²) < 4.78 is 12.3. The summed E-state index contributed by atoms with van der Waals surface area (Å²) in [5.74, 6) is 1.63. The second kappa shape index (κ2) is 7.27. The van der Waals surface area contributed by atoms with Crippen LogP contribution in [0.15, 0.2) is 54.0 Å². The molecule has 4 rings (SSSR count). The SMILES string of the molecule is COc1ccc(-c2nc3n(n2)[C@H](c2cccnc2)C(C(N)=O)=C(C)N3)cc1OC. The quantitative estimate of drug-likeness (QED) is 0.683. The highest BCUT2D eigenvalue weighted by Crippen LogP contribution is 2.37. The van der Waals surface area contributed by atoms with Crippen LogP contribution in [0.4, 0.5) is 5.95 Å². The second-order valence-electron chi connectivity index (χ2n) is 6.49. The number of ether oxygens (including phenoxy) is 2. The third-order valence-electron chi connectivity index (χ3n) is 4.76. The maximum atomic E-state index is 12.2. The van der Waals surface area contributed by atoms with Crippen LogP contribution in [0.3, 0.4) is 0 Å².